The van der Waals surface area contributed by atoms with Gasteiger partial charge >= 0.3 is 5.97 Å². The summed E-state index contributed by atoms with van der Waals surface area (Å²) < 4.78 is 12.1. The third kappa shape index (κ3) is 4.48. The number of rotatable bonds is 7. The predicted octanol–water partition coefficient (Wildman–Crippen LogP) is 2.17. The van der Waals surface area contributed by atoms with Crippen molar-refractivity contribution in [3.05, 3.63) is 75.6 Å². The zero-order valence-electron chi connectivity index (χ0n) is 17.5. The molecule has 1 aliphatic heterocycles. The first-order valence-electron chi connectivity index (χ1n) is 10.2. The Labute approximate surface area is 183 Å². The quantitative estimate of drug-likeness (QED) is 0.310. The molecule has 166 valence electrons. The molecule has 0 unspecified atom stereocenters. The summed E-state index contributed by atoms with van der Waals surface area (Å²) in [6.45, 7) is 4.38. The van der Waals surface area contributed by atoms with Gasteiger partial charge < -0.3 is 9.47 Å². The molecule has 1 aromatic heterocycles. The molecule has 0 aliphatic carbocycles. The Morgan fingerprint density at radius 2 is 1.97 bits per heavy atom. The van der Waals surface area contributed by atoms with E-state index in [0.717, 1.165) is 0 Å². The van der Waals surface area contributed by atoms with E-state index in [9.17, 15) is 14.9 Å². The van der Waals surface area contributed by atoms with Gasteiger partial charge in [0.1, 0.15) is 0 Å². The monoisotopic (exact) mass is 438 g/mol. The number of aromatic nitrogens is 4. The van der Waals surface area contributed by atoms with E-state index < -0.39 is 16.9 Å². The fraction of sp³-hybridized carbons (Fsp3) is 0.333. The number of non-ortho nitro benzene ring substituents is 1. The zero-order chi connectivity index (χ0) is 22.5. The normalized spacial score (nSPS) is 15.3. The topological polar surface area (TPSA) is 126 Å². The van der Waals surface area contributed by atoms with Crippen molar-refractivity contribution in [2.24, 2.45) is 0 Å². The van der Waals surface area contributed by atoms with Crippen molar-refractivity contribution >= 4 is 11.7 Å². The predicted molar refractivity (Wildman–Crippen MR) is 112 cm³/mol. The molecule has 0 spiro atoms. The molecule has 0 amide bonds. The number of ether oxygens (including phenoxy) is 2. The smallest absolute Gasteiger partial charge is 0.338 e. The minimum absolute atomic E-state index is 0.00132. The van der Waals surface area contributed by atoms with Gasteiger partial charge in [-0.2, -0.15) is 4.68 Å². The lowest BCUT2D eigenvalue weighted by molar-refractivity contribution is -0.384. The van der Waals surface area contributed by atoms with Crippen LogP contribution in [0, 0.1) is 10.1 Å². The molecule has 3 aromatic rings. The average molecular weight is 438 g/mol. The largest absolute Gasteiger partial charge is 0.462 e. The molecule has 11 nitrogen and oxygen atoms in total. The Bertz CT molecular complexity index is 1090. The summed E-state index contributed by atoms with van der Waals surface area (Å²) in [5.74, 6) is 0.107. The first-order valence-corrected chi connectivity index (χ1v) is 10.2. The summed E-state index contributed by atoms with van der Waals surface area (Å²) >= 11 is 0. The third-order valence-corrected chi connectivity index (χ3v) is 5.17. The minimum Gasteiger partial charge on any atom is -0.462 e. The first-order chi connectivity index (χ1) is 15.6. The first kappa shape index (κ1) is 21.5. The molecule has 11 heteroatoms. The number of carbonyl (C=O) groups is 1. The third-order valence-electron chi connectivity index (χ3n) is 5.17. The number of esters is 1. The number of nitro benzene ring substituents is 1. The van der Waals surface area contributed by atoms with Gasteiger partial charge in [-0.25, -0.2) is 4.79 Å². The number of nitrogens with zero attached hydrogens (tertiary/aromatic N) is 6. The second-order valence-electron chi connectivity index (χ2n) is 7.12. The van der Waals surface area contributed by atoms with Crippen LogP contribution in [0.1, 0.15) is 34.7 Å². The van der Waals surface area contributed by atoms with Crippen LogP contribution in [0.5, 0.6) is 0 Å². The maximum absolute atomic E-state index is 12.0. The van der Waals surface area contributed by atoms with Gasteiger partial charge in [-0.15, -0.1) is 5.10 Å². The van der Waals surface area contributed by atoms with E-state index in [-0.39, 0.29) is 5.69 Å². The number of benzene rings is 2. The van der Waals surface area contributed by atoms with Crippen molar-refractivity contribution < 1.29 is 19.2 Å². The Morgan fingerprint density at radius 1 is 1.22 bits per heavy atom. The van der Waals surface area contributed by atoms with Crippen LogP contribution in [-0.2, 0) is 9.47 Å². The molecule has 2 heterocycles. The van der Waals surface area contributed by atoms with Crippen LogP contribution in [0.25, 0.3) is 5.69 Å². The SMILES string of the molecule is CCOC(=O)c1ccc(-n2nnnc2[C@@H](c2cccc([N+](=O)[O-])c2)N2CCOCC2)cc1. The van der Waals surface area contributed by atoms with Crippen LogP contribution in [0.4, 0.5) is 5.69 Å². The summed E-state index contributed by atoms with van der Waals surface area (Å²) in [6.07, 6.45) is 0. The molecule has 4 rings (SSSR count). The summed E-state index contributed by atoms with van der Waals surface area (Å²) in [7, 11) is 0. The van der Waals surface area contributed by atoms with Gasteiger partial charge in [-0.3, -0.25) is 15.0 Å². The van der Waals surface area contributed by atoms with Crippen LogP contribution in [0.15, 0.2) is 48.5 Å². The van der Waals surface area contributed by atoms with Crippen molar-refractivity contribution in [3.63, 3.8) is 0 Å². The molecule has 0 N–H and O–H groups in total. The van der Waals surface area contributed by atoms with Crippen LogP contribution in [-0.4, -0.2) is 68.9 Å². The van der Waals surface area contributed by atoms with Crippen molar-refractivity contribution in [3.8, 4) is 5.69 Å². The van der Waals surface area contributed by atoms with E-state index in [1.807, 2.05) is 6.07 Å². The number of tetrazole rings is 1. The Kier molecular flexibility index (Phi) is 6.47. The fourth-order valence-corrected chi connectivity index (χ4v) is 3.67. The number of hydrogen-bond donors (Lipinski definition) is 0. The summed E-state index contributed by atoms with van der Waals surface area (Å²) in [6, 6.07) is 12.8. The Morgan fingerprint density at radius 3 is 2.66 bits per heavy atom. The molecule has 1 atom stereocenters. The zero-order valence-corrected chi connectivity index (χ0v) is 17.5. The highest BCUT2D eigenvalue weighted by Gasteiger charge is 2.30. The van der Waals surface area contributed by atoms with E-state index >= 15 is 0 Å². The highest BCUT2D eigenvalue weighted by atomic mass is 16.6. The number of hydrogen-bond acceptors (Lipinski definition) is 9. The van der Waals surface area contributed by atoms with Crippen molar-refractivity contribution in [1.82, 2.24) is 25.1 Å². The molecule has 1 saturated heterocycles. The van der Waals surface area contributed by atoms with Crippen LogP contribution in [0.2, 0.25) is 0 Å². The Balaban J connectivity index is 1.74. The van der Waals surface area contributed by atoms with Crippen molar-refractivity contribution in [1.29, 1.82) is 0 Å². The second-order valence-corrected chi connectivity index (χ2v) is 7.12. The highest BCUT2D eigenvalue weighted by Crippen LogP contribution is 2.31. The van der Waals surface area contributed by atoms with Gasteiger partial charge in [0.05, 0.1) is 42.0 Å². The van der Waals surface area contributed by atoms with Gasteiger partial charge in [0.25, 0.3) is 5.69 Å². The number of nitro groups is 1. The summed E-state index contributed by atoms with van der Waals surface area (Å²) in [5.41, 5.74) is 1.79. The lowest BCUT2D eigenvalue weighted by atomic mass is 10.0. The van der Waals surface area contributed by atoms with Gasteiger partial charge in [-0.1, -0.05) is 12.1 Å². The van der Waals surface area contributed by atoms with Crippen molar-refractivity contribution in [2.45, 2.75) is 13.0 Å². The van der Waals surface area contributed by atoms with Crippen LogP contribution < -0.4 is 0 Å². The fourth-order valence-electron chi connectivity index (χ4n) is 3.67. The lowest BCUT2D eigenvalue weighted by Gasteiger charge is -2.33. The molecule has 1 fully saturated rings. The van der Waals surface area contributed by atoms with E-state index in [2.05, 4.69) is 20.4 Å². The Hall–Kier alpha value is -3.70. The number of carbonyl (C=O) groups excluding carboxylic acids is 1. The minimum atomic E-state index is -0.420. The standard InChI is InChI=1S/C21H22N6O5/c1-2-32-21(28)15-6-8-17(9-7-15)26-20(22-23-24-26)19(25-10-12-31-13-11-25)16-4-3-5-18(14-16)27(29)30/h3-9,14,19H,2,10-13H2,1H3/t19-/m1/s1. The van der Waals surface area contributed by atoms with Gasteiger partial charge in [0.15, 0.2) is 5.82 Å². The van der Waals surface area contributed by atoms with Gasteiger partial charge in [0.2, 0.25) is 0 Å². The van der Waals surface area contributed by atoms with E-state index in [4.69, 9.17) is 9.47 Å². The molecule has 2 aromatic carbocycles. The van der Waals surface area contributed by atoms with Gasteiger partial charge in [-0.05, 0) is 47.2 Å². The van der Waals surface area contributed by atoms with Crippen molar-refractivity contribution in [2.75, 3.05) is 32.9 Å². The highest BCUT2D eigenvalue weighted by molar-refractivity contribution is 5.89. The molecular weight excluding hydrogens is 416 g/mol. The maximum Gasteiger partial charge on any atom is 0.338 e. The molecule has 1 aliphatic rings. The second kappa shape index (κ2) is 9.62. The maximum atomic E-state index is 12.0. The van der Waals surface area contributed by atoms with Gasteiger partial charge in [0, 0.05) is 25.2 Å². The van der Waals surface area contributed by atoms with E-state index in [0.29, 0.717) is 55.5 Å². The molecule has 0 saturated carbocycles. The molecule has 32 heavy (non-hydrogen) atoms. The number of morpholine rings is 1. The summed E-state index contributed by atoms with van der Waals surface area (Å²) in [5, 5.41) is 23.6. The lowest BCUT2D eigenvalue weighted by Crippen LogP contribution is -2.40. The molecule has 0 radical (unpaired) electrons. The van der Waals surface area contributed by atoms with E-state index in [1.54, 1.807) is 48.0 Å². The van der Waals surface area contributed by atoms with Crippen LogP contribution >= 0.6 is 0 Å². The van der Waals surface area contributed by atoms with E-state index in [1.165, 1.54) is 6.07 Å². The average Bonchev–Trinajstić information content (AvgIpc) is 3.30. The molecular formula is C21H22N6O5. The molecule has 0 bridgehead atoms. The summed E-state index contributed by atoms with van der Waals surface area (Å²) in [4.78, 5) is 25.0. The van der Waals surface area contributed by atoms with Crippen LogP contribution in [0.3, 0.4) is 0 Å².